The number of halogens is 4. The number of nitrogens with one attached hydrogen (secondary N) is 2. The third-order valence-corrected chi connectivity index (χ3v) is 2.81. The Morgan fingerprint density at radius 2 is 2.12 bits per heavy atom. The number of hydrogen-bond acceptors (Lipinski definition) is 2. The van der Waals surface area contributed by atoms with Gasteiger partial charge in [0.2, 0.25) is 0 Å². The highest BCUT2D eigenvalue weighted by atomic mass is 19.3. The third-order valence-electron chi connectivity index (χ3n) is 2.81. The molecule has 0 aromatic carbocycles. The van der Waals surface area contributed by atoms with E-state index in [0.717, 1.165) is 32.4 Å². The Morgan fingerprint density at radius 1 is 1.38 bits per heavy atom. The van der Waals surface area contributed by atoms with E-state index in [1.54, 1.807) is 0 Å². The van der Waals surface area contributed by atoms with E-state index < -0.39 is 18.9 Å². The van der Waals surface area contributed by atoms with Crippen LogP contribution in [-0.4, -0.2) is 38.5 Å². The molecule has 1 aliphatic heterocycles. The zero-order valence-corrected chi connectivity index (χ0v) is 9.12. The van der Waals surface area contributed by atoms with Crippen LogP contribution in [-0.2, 0) is 0 Å². The van der Waals surface area contributed by atoms with Crippen LogP contribution in [0.3, 0.4) is 0 Å². The van der Waals surface area contributed by atoms with Crippen LogP contribution in [0.1, 0.15) is 19.3 Å². The summed E-state index contributed by atoms with van der Waals surface area (Å²) in [7, 11) is 0. The SMILES string of the molecule is FC(F)C(F)(F)CNCCCC1CCNC1. The number of alkyl halides is 4. The van der Waals surface area contributed by atoms with Gasteiger partial charge in [-0.2, -0.15) is 8.78 Å². The molecule has 0 aliphatic carbocycles. The molecule has 2 nitrogen and oxygen atoms in total. The van der Waals surface area contributed by atoms with Crippen molar-refractivity contribution in [2.24, 2.45) is 5.92 Å². The van der Waals surface area contributed by atoms with Crippen molar-refractivity contribution in [1.29, 1.82) is 0 Å². The van der Waals surface area contributed by atoms with Crippen LogP contribution < -0.4 is 10.6 Å². The minimum Gasteiger partial charge on any atom is -0.316 e. The Bertz CT molecular complexity index is 193. The van der Waals surface area contributed by atoms with Crippen molar-refractivity contribution in [3.05, 3.63) is 0 Å². The Hall–Kier alpha value is -0.360. The Morgan fingerprint density at radius 3 is 2.69 bits per heavy atom. The van der Waals surface area contributed by atoms with E-state index in [4.69, 9.17) is 0 Å². The Labute approximate surface area is 92.8 Å². The maximum Gasteiger partial charge on any atom is 0.319 e. The predicted octanol–water partition coefficient (Wildman–Crippen LogP) is 1.87. The summed E-state index contributed by atoms with van der Waals surface area (Å²) in [6.45, 7) is 1.43. The molecule has 0 amide bonds. The van der Waals surface area contributed by atoms with Gasteiger partial charge in [-0.3, -0.25) is 0 Å². The summed E-state index contributed by atoms with van der Waals surface area (Å²) in [5, 5.41) is 5.59. The molecule has 1 rings (SSSR count). The molecular formula is C10H18F4N2. The van der Waals surface area contributed by atoms with Gasteiger partial charge in [0.15, 0.2) is 0 Å². The van der Waals surface area contributed by atoms with Gasteiger partial charge in [-0.25, -0.2) is 8.78 Å². The normalized spacial score (nSPS) is 21.9. The number of hydrogen-bond donors (Lipinski definition) is 2. The van der Waals surface area contributed by atoms with Crippen LogP contribution >= 0.6 is 0 Å². The van der Waals surface area contributed by atoms with E-state index in [9.17, 15) is 17.6 Å². The topological polar surface area (TPSA) is 24.1 Å². The average Bonchev–Trinajstić information content (AvgIpc) is 2.69. The summed E-state index contributed by atoms with van der Waals surface area (Å²) in [4.78, 5) is 0. The monoisotopic (exact) mass is 242 g/mol. The average molecular weight is 242 g/mol. The van der Waals surface area contributed by atoms with Gasteiger partial charge in [0.05, 0.1) is 6.54 Å². The van der Waals surface area contributed by atoms with Crippen molar-refractivity contribution >= 4 is 0 Å². The fraction of sp³-hybridized carbons (Fsp3) is 1.00. The van der Waals surface area contributed by atoms with Crippen molar-refractivity contribution in [1.82, 2.24) is 10.6 Å². The molecule has 0 bridgehead atoms. The molecule has 96 valence electrons. The van der Waals surface area contributed by atoms with Gasteiger partial charge in [0, 0.05) is 0 Å². The minimum atomic E-state index is -3.91. The highest BCUT2D eigenvalue weighted by Crippen LogP contribution is 2.21. The molecular weight excluding hydrogens is 224 g/mol. The van der Waals surface area contributed by atoms with Gasteiger partial charge in [-0.1, -0.05) is 0 Å². The van der Waals surface area contributed by atoms with E-state index in [1.165, 1.54) is 0 Å². The van der Waals surface area contributed by atoms with Crippen LogP contribution in [0.15, 0.2) is 0 Å². The van der Waals surface area contributed by atoms with Crippen LogP contribution in [0.4, 0.5) is 17.6 Å². The first-order valence-electron chi connectivity index (χ1n) is 5.60. The third kappa shape index (κ3) is 4.65. The fourth-order valence-corrected chi connectivity index (χ4v) is 1.81. The summed E-state index contributed by atoms with van der Waals surface area (Å²) >= 11 is 0. The van der Waals surface area contributed by atoms with Crippen LogP contribution in [0.5, 0.6) is 0 Å². The van der Waals surface area contributed by atoms with Gasteiger partial charge in [0.1, 0.15) is 0 Å². The summed E-state index contributed by atoms with van der Waals surface area (Å²) in [5.41, 5.74) is 0. The lowest BCUT2D eigenvalue weighted by Crippen LogP contribution is -2.39. The summed E-state index contributed by atoms with van der Waals surface area (Å²) in [6, 6.07) is 0. The Balaban J connectivity index is 1.99. The highest BCUT2D eigenvalue weighted by Gasteiger charge is 2.39. The molecule has 16 heavy (non-hydrogen) atoms. The van der Waals surface area contributed by atoms with Gasteiger partial charge < -0.3 is 10.6 Å². The Kier molecular flexibility index (Phi) is 5.48. The molecule has 1 unspecified atom stereocenters. The first-order chi connectivity index (χ1) is 7.52. The van der Waals surface area contributed by atoms with Crippen molar-refractivity contribution in [2.75, 3.05) is 26.2 Å². The highest BCUT2D eigenvalue weighted by molar-refractivity contribution is 4.74. The zero-order valence-electron chi connectivity index (χ0n) is 9.12. The van der Waals surface area contributed by atoms with Crippen molar-refractivity contribution < 1.29 is 17.6 Å². The lowest BCUT2D eigenvalue weighted by molar-refractivity contribution is -0.125. The van der Waals surface area contributed by atoms with Crippen molar-refractivity contribution in [2.45, 2.75) is 31.6 Å². The van der Waals surface area contributed by atoms with E-state index in [-0.39, 0.29) is 0 Å². The molecule has 1 aliphatic rings. The van der Waals surface area contributed by atoms with E-state index >= 15 is 0 Å². The quantitative estimate of drug-likeness (QED) is 0.526. The molecule has 2 N–H and O–H groups in total. The van der Waals surface area contributed by atoms with Crippen molar-refractivity contribution in [3.8, 4) is 0 Å². The van der Waals surface area contributed by atoms with Gasteiger partial charge >= 0.3 is 12.3 Å². The lowest BCUT2D eigenvalue weighted by atomic mass is 10.0. The second-order valence-corrected chi connectivity index (χ2v) is 4.24. The summed E-state index contributed by atoms with van der Waals surface area (Å²) in [6.07, 6.45) is -0.752. The molecule has 1 fully saturated rings. The minimum absolute atomic E-state index is 0.374. The molecule has 0 aromatic rings. The van der Waals surface area contributed by atoms with Gasteiger partial charge in [0.25, 0.3) is 0 Å². The molecule has 0 radical (unpaired) electrons. The maximum atomic E-state index is 12.5. The van der Waals surface area contributed by atoms with Gasteiger partial charge in [-0.15, -0.1) is 0 Å². The predicted molar refractivity (Wildman–Crippen MR) is 54.0 cm³/mol. The molecule has 1 heterocycles. The standard InChI is InChI=1S/C10H18F4N2/c11-9(12)10(13,14)7-16-4-1-2-8-3-5-15-6-8/h8-9,15-16H,1-7H2. The molecule has 0 spiro atoms. The molecule has 6 heteroatoms. The van der Waals surface area contributed by atoms with Crippen molar-refractivity contribution in [3.63, 3.8) is 0 Å². The van der Waals surface area contributed by atoms with E-state index in [2.05, 4.69) is 10.6 Å². The van der Waals surface area contributed by atoms with Crippen LogP contribution in [0.2, 0.25) is 0 Å². The van der Waals surface area contributed by atoms with Gasteiger partial charge in [-0.05, 0) is 44.8 Å². The molecule has 0 aromatic heterocycles. The second kappa shape index (κ2) is 6.39. The van der Waals surface area contributed by atoms with Crippen LogP contribution in [0, 0.1) is 5.92 Å². The maximum absolute atomic E-state index is 12.5. The summed E-state index contributed by atoms with van der Waals surface area (Å²) in [5.74, 6) is -3.30. The largest absolute Gasteiger partial charge is 0.319 e. The first kappa shape index (κ1) is 13.7. The molecule has 0 saturated carbocycles. The summed E-state index contributed by atoms with van der Waals surface area (Å²) < 4.78 is 48.4. The molecule has 1 atom stereocenters. The fourth-order valence-electron chi connectivity index (χ4n) is 1.81. The van der Waals surface area contributed by atoms with E-state index in [1.807, 2.05) is 0 Å². The number of rotatable bonds is 7. The van der Waals surface area contributed by atoms with Crippen LogP contribution in [0.25, 0.3) is 0 Å². The zero-order chi connectivity index (χ0) is 12.0. The van der Waals surface area contributed by atoms with E-state index in [0.29, 0.717) is 12.5 Å². The first-order valence-corrected chi connectivity index (χ1v) is 5.60. The second-order valence-electron chi connectivity index (χ2n) is 4.24. The molecule has 1 saturated heterocycles. The lowest BCUT2D eigenvalue weighted by Gasteiger charge is -2.16. The smallest absolute Gasteiger partial charge is 0.316 e.